The van der Waals surface area contributed by atoms with Crippen molar-refractivity contribution in [3.8, 4) is 0 Å². The molecule has 1 unspecified atom stereocenters. The van der Waals surface area contributed by atoms with Crippen LogP contribution >= 0.6 is 0 Å². The molecule has 1 heterocycles. The maximum absolute atomic E-state index is 14.3. The number of nitrogens with zero attached hydrogens (tertiary/aromatic N) is 2. The van der Waals surface area contributed by atoms with Crippen molar-refractivity contribution in [3.63, 3.8) is 0 Å². The van der Waals surface area contributed by atoms with Gasteiger partial charge in [0.1, 0.15) is 6.04 Å². The first kappa shape index (κ1) is 28.7. The minimum absolute atomic E-state index is 0.0592. The fourth-order valence-electron chi connectivity index (χ4n) is 5.29. The summed E-state index contributed by atoms with van der Waals surface area (Å²) in [5.41, 5.74) is 4.02. The van der Waals surface area contributed by atoms with Gasteiger partial charge in [0.05, 0.1) is 30.5 Å². The van der Waals surface area contributed by atoms with Crippen LogP contribution in [0, 0.1) is 6.92 Å². The number of benzene rings is 4. The van der Waals surface area contributed by atoms with Crippen LogP contribution in [0.15, 0.2) is 84.9 Å². The number of fused-ring (bicyclic) bond motifs is 2. The van der Waals surface area contributed by atoms with E-state index in [9.17, 15) is 19.2 Å². The second kappa shape index (κ2) is 12.0. The summed E-state index contributed by atoms with van der Waals surface area (Å²) >= 11 is 0. The molecule has 8 heteroatoms. The molecule has 3 amide bonds. The van der Waals surface area contributed by atoms with Crippen LogP contribution in [0.4, 0.5) is 11.4 Å². The average molecular weight is 563 g/mol. The zero-order valence-electron chi connectivity index (χ0n) is 24.2. The number of anilines is 2. The predicted octanol–water partition coefficient (Wildman–Crippen LogP) is 4.64. The number of para-hydroxylation sites is 2. The molecule has 4 aromatic carbocycles. The second-order valence-electron chi connectivity index (χ2n) is 10.6. The first-order chi connectivity index (χ1) is 20.2. The number of likely N-dealkylation sites (N-methyl/N-ethyl adjacent to an activating group) is 1. The van der Waals surface area contributed by atoms with Gasteiger partial charge in [-0.15, -0.1) is 0 Å². The Kier molecular flexibility index (Phi) is 8.17. The molecule has 1 aliphatic rings. The lowest BCUT2D eigenvalue weighted by molar-refractivity contribution is -0.128. The molecule has 214 valence electrons. The number of carbonyl (C=O) groups is 4. The Balaban J connectivity index is 1.62. The van der Waals surface area contributed by atoms with Crippen molar-refractivity contribution in [1.29, 1.82) is 0 Å². The highest BCUT2D eigenvalue weighted by molar-refractivity contribution is 6.13. The number of amides is 3. The van der Waals surface area contributed by atoms with Crippen molar-refractivity contribution in [1.82, 2.24) is 10.6 Å². The summed E-state index contributed by atoms with van der Waals surface area (Å²) in [6.45, 7) is 5.40. The number of rotatable bonds is 7. The van der Waals surface area contributed by atoms with Gasteiger partial charge in [-0.2, -0.15) is 0 Å². The normalized spacial score (nSPS) is 15.6. The molecule has 1 aliphatic heterocycles. The Morgan fingerprint density at radius 1 is 0.881 bits per heavy atom. The number of nitrogens with one attached hydrogen (secondary N) is 2. The Morgan fingerprint density at radius 3 is 2.21 bits per heavy atom. The standard InChI is InChI=1S/C34H34N4O4/c1-21-13-14-25-9-5-6-10-27(25)28(21)19-37-30-11-7-8-12-31(30)38(20-29(34(37)42)36-32(40)22(2)35-4)33(41)26-17-15-24(16-18-26)23(3)39/h5-18,22,29,35H,19-20H2,1-4H3,(H,36,40)/t22?,29-/m0/s1. The number of carbonyl (C=O) groups excluding carboxylic acids is 4. The first-order valence-electron chi connectivity index (χ1n) is 14.0. The summed E-state index contributed by atoms with van der Waals surface area (Å²) in [5, 5.41) is 7.90. The largest absolute Gasteiger partial charge is 0.341 e. The monoisotopic (exact) mass is 562 g/mol. The zero-order valence-corrected chi connectivity index (χ0v) is 24.2. The molecule has 0 aliphatic carbocycles. The highest BCUT2D eigenvalue weighted by Gasteiger charge is 2.38. The predicted molar refractivity (Wildman–Crippen MR) is 165 cm³/mol. The highest BCUT2D eigenvalue weighted by Crippen LogP contribution is 2.36. The number of aryl methyl sites for hydroxylation is 1. The van der Waals surface area contributed by atoms with Gasteiger partial charge >= 0.3 is 0 Å². The van der Waals surface area contributed by atoms with Gasteiger partial charge in [0.25, 0.3) is 11.8 Å². The summed E-state index contributed by atoms with van der Waals surface area (Å²) in [4.78, 5) is 56.4. The van der Waals surface area contributed by atoms with Crippen LogP contribution in [0.25, 0.3) is 10.8 Å². The molecular formula is C34H34N4O4. The van der Waals surface area contributed by atoms with E-state index < -0.39 is 12.1 Å². The number of ketones is 1. The van der Waals surface area contributed by atoms with Gasteiger partial charge < -0.3 is 20.4 Å². The lowest BCUT2D eigenvalue weighted by atomic mass is 9.99. The molecule has 4 aromatic rings. The maximum Gasteiger partial charge on any atom is 0.258 e. The maximum atomic E-state index is 14.3. The van der Waals surface area contributed by atoms with E-state index in [0.717, 1.165) is 21.9 Å². The van der Waals surface area contributed by atoms with Crippen molar-refractivity contribution in [2.24, 2.45) is 0 Å². The van der Waals surface area contributed by atoms with Crippen molar-refractivity contribution in [2.45, 2.75) is 39.4 Å². The summed E-state index contributed by atoms with van der Waals surface area (Å²) in [5.74, 6) is -1.09. The summed E-state index contributed by atoms with van der Waals surface area (Å²) in [6, 6.07) is 24.4. The van der Waals surface area contributed by atoms with E-state index in [2.05, 4.69) is 16.7 Å². The Morgan fingerprint density at radius 2 is 1.52 bits per heavy atom. The summed E-state index contributed by atoms with van der Waals surface area (Å²) in [7, 11) is 1.67. The van der Waals surface area contributed by atoms with E-state index >= 15 is 0 Å². The van der Waals surface area contributed by atoms with Crippen LogP contribution in [-0.4, -0.2) is 49.2 Å². The van der Waals surface area contributed by atoms with Gasteiger partial charge in [0, 0.05) is 11.1 Å². The van der Waals surface area contributed by atoms with E-state index in [4.69, 9.17) is 0 Å². The quantitative estimate of drug-likeness (QED) is 0.320. The lowest BCUT2D eigenvalue weighted by Gasteiger charge is -2.27. The zero-order chi connectivity index (χ0) is 30.0. The van der Waals surface area contributed by atoms with Crippen molar-refractivity contribution >= 4 is 45.7 Å². The minimum Gasteiger partial charge on any atom is -0.341 e. The SMILES string of the molecule is CNC(C)C(=O)N[C@H]1CN(C(=O)c2ccc(C(C)=O)cc2)c2ccccc2N(Cc2c(C)ccc3ccccc23)C1=O. The smallest absolute Gasteiger partial charge is 0.258 e. The molecule has 0 radical (unpaired) electrons. The molecule has 2 atom stereocenters. The van der Waals surface area contributed by atoms with E-state index in [1.807, 2.05) is 61.5 Å². The van der Waals surface area contributed by atoms with Gasteiger partial charge in [-0.05, 0) is 74.0 Å². The summed E-state index contributed by atoms with van der Waals surface area (Å²) < 4.78 is 0. The van der Waals surface area contributed by atoms with Crippen molar-refractivity contribution < 1.29 is 19.2 Å². The Hall–Kier alpha value is -4.82. The first-order valence-corrected chi connectivity index (χ1v) is 14.0. The van der Waals surface area contributed by atoms with E-state index in [0.29, 0.717) is 22.5 Å². The van der Waals surface area contributed by atoms with E-state index in [1.54, 1.807) is 48.0 Å². The molecular weight excluding hydrogens is 528 g/mol. The molecule has 0 aromatic heterocycles. The molecule has 5 rings (SSSR count). The lowest BCUT2D eigenvalue weighted by Crippen LogP contribution is -2.55. The van der Waals surface area contributed by atoms with Crippen LogP contribution in [-0.2, 0) is 16.1 Å². The molecule has 2 N–H and O–H groups in total. The van der Waals surface area contributed by atoms with E-state index in [1.165, 1.54) is 6.92 Å². The third-order valence-corrected chi connectivity index (χ3v) is 7.91. The summed E-state index contributed by atoms with van der Waals surface area (Å²) in [6.07, 6.45) is 0. The third kappa shape index (κ3) is 5.53. The van der Waals surface area contributed by atoms with Crippen LogP contribution in [0.3, 0.4) is 0 Å². The van der Waals surface area contributed by atoms with Crippen LogP contribution < -0.4 is 20.4 Å². The van der Waals surface area contributed by atoms with Crippen LogP contribution in [0.1, 0.15) is 45.7 Å². The van der Waals surface area contributed by atoms with Crippen LogP contribution in [0.2, 0.25) is 0 Å². The fraction of sp³-hybridized carbons (Fsp3) is 0.235. The fourth-order valence-corrected chi connectivity index (χ4v) is 5.29. The van der Waals surface area contributed by atoms with Gasteiger partial charge in [0.15, 0.2) is 5.78 Å². The molecule has 0 saturated heterocycles. The second-order valence-corrected chi connectivity index (χ2v) is 10.6. The molecule has 8 nitrogen and oxygen atoms in total. The van der Waals surface area contributed by atoms with E-state index in [-0.39, 0.29) is 36.6 Å². The average Bonchev–Trinajstić information content (AvgIpc) is 3.12. The molecule has 42 heavy (non-hydrogen) atoms. The van der Waals surface area contributed by atoms with Crippen molar-refractivity contribution in [2.75, 3.05) is 23.4 Å². The molecule has 0 fully saturated rings. The van der Waals surface area contributed by atoms with Crippen molar-refractivity contribution in [3.05, 3.63) is 107 Å². The van der Waals surface area contributed by atoms with Gasteiger partial charge in [-0.1, -0.05) is 60.7 Å². The topological polar surface area (TPSA) is 98.8 Å². The molecule has 0 saturated carbocycles. The molecule has 0 bridgehead atoms. The number of hydrogen-bond acceptors (Lipinski definition) is 5. The van der Waals surface area contributed by atoms with Gasteiger partial charge in [-0.25, -0.2) is 0 Å². The third-order valence-electron chi connectivity index (χ3n) is 7.91. The Bertz CT molecular complexity index is 1680. The molecule has 0 spiro atoms. The minimum atomic E-state index is -1.00. The highest BCUT2D eigenvalue weighted by atomic mass is 16.2. The van der Waals surface area contributed by atoms with Gasteiger partial charge in [0.2, 0.25) is 5.91 Å². The van der Waals surface area contributed by atoms with Crippen LogP contribution in [0.5, 0.6) is 0 Å². The number of hydrogen-bond donors (Lipinski definition) is 2. The van der Waals surface area contributed by atoms with Gasteiger partial charge in [-0.3, -0.25) is 19.2 Å². The Labute approximate surface area is 245 Å². The number of Topliss-reactive ketones (excluding diaryl/α,β-unsaturated/α-hetero) is 1.